The van der Waals surface area contributed by atoms with E-state index >= 15 is 0 Å². The number of amides is 1. The number of carbonyl (C=O) groups excluding carboxylic acids is 1. The van der Waals surface area contributed by atoms with Gasteiger partial charge in [0.05, 0.1) is 22.5 Å². The maximum Gasteiger partial charge on any atom is 0.293 e. The molecular formula is C14H16N4O3. The van der Waals surface area contributed by atoms with E-state index in [-0.39, 0.29) is 29.1 Å². The second-order valence-electron chi connectivity index (χ2n) is 5.14. The minimum absolute atomic E-state index is 0.164. The highest BCUT2D eigenvalue weighted by atomic mass is 16.6. The van der Waals surface area contributed by atoms with Crippen LogP contribution in [0, 0.1) is 27.4 Å². The Kier molecular flexibility index (Phi) is 4.38. The van der Waals surface area contributed by atoms with Crippen molar-refractivity contribution in [1.29, 1.82) is 5.26 Å². The third-order valence-electron chi connectivity index (χ3n) is 3.80. The van der Waals surface area contributed by atoms with Crippen molar-refractivity contribution in [3.63, 3.8) is 0 Å². The van der Waals surface area contributed by atoms with Crippen LogP contribution < -0.4 is 11.1 Å². The van der Waals surface area contributed by atoms with E-state index < -0.39 is 4.92 Å². The van der Waals surface area contributed by atoms with Crippen LogP contribution in [0.25, 0.3) is 0 Å². The number of anilines is 1. The van der Waals surface area contributed by atoms with E-state index in [0.29, 0.717) is 12.1 Å². The Morgan fingerprint density at radius 3 is 2.76 bits per heavy atom. The molecular weight excluding hydrogens is 272 g/mol. The molecule has 0 saturated heterocycles. The largest absolute Gasteiger partial charge is 0.376 e. The fraction of sp³-hybridized carbons (Fsp3) is 0.429. The highest BCUT2D eigenvalue weighted by Crippen LogP contribution is 2.31. The van der Waals surface area contributed by atoms with Crippen molar-refractivity contribution in [2.45, 2.75) is 31.7 Å². The Hall–Kier alpha value is -2.62. The molecule has 1 aromatic rings. The first-order valence-electron chi connectivity index (χ1n) is 6.77. The molecule has 0 aromatic heterocycles. The maximum absolute atomic E-state index is 11.5. The first-order valence-corrected chi connectivity index (χ1v) is 6.77. The summed E-state index contributed by atoms with van der Waals surface area (Å²) in [6, 6.07) is 5.91. The molecule has 1 amide bonds. The zero-order valence-electron chi connectivity index (χ0n) is 11.4. The second-order valence-corrected chi connectivity index (χ2v) is 5.14. The maximum atomic E-state index is 11.5. The van der Waals surface area contributed by atoms with Crippen LogP contribution in [0.1, 0.15) is 31.2 Å². The lowest BCUT2D eigenvalue weighted by atomic mass is 9.84. The third-order valence-corrected chi connectivity index (χ3v) is 3.80. The molecule has 0 bridgehead atoms. The number of nitriles is 1. The van der Waals surface area contributed by atoms with Gasteiger partial charge in [0.15, 0.2) is 0 Å². The summed E-state index contributed by atoms with van der Waals surface area (Å²) in [5, 5.41) is 23.0. The number of nitrogens with one attached hydrogen (secondary N) is 1. The van der Waals surface area contributed by atoms with Crippen LogP contribution in [0.15, 0.2) is 18.2 Å². The Labute approximate surface area is 121 Å². The normalized spacial score (nSPS) is 21.3. The molecule has 1 aliphatic rings. The number of hydrogen-bond donors (Lipinski definition) is 2. The molecule has 0 radical (unpaired) electrons. The summed E-state index contributed by atoms with van der Waals surface area (Å²) in [5.74, 6) is -0.711. The Morgan fingerprint density at radius 2 is 2.14 bits per heavy atom. The van der Waals surface area contributed by atoms with E-state index in [1.807, 2.05) is 6.07 Å². The molecule has 7 heteroatoms. The molecule has 2 rings (SSSR count). The highest BCUT2D eigenvalue weighted by molar-refractivity contribution is 5.78. The molecule has 1 aromatic carbocycles. The van der Waals surface area contributed by atoms with Crippen molar-refractivity contribution in [3.05, 3.63) is 33.9 Å². The lowest BCUT2D eigenvalue weighted by Crippen LogP contribution is -2.40. The minimum Gasteiger partial charge on any atom is -0.376 e. The fourth-order valence-corrected chi connectivity index (χ4v) is 2.72. The minimum atomic E-state index is -0.536. The average molecular weight is 288 g/mol. The number of nitro groups is 1. The van der Waals surface area contributed by atoms with E-state index in [9.17, 15) is 14.9 Å². The van der Waals surface area contributed by atoms with Crippen LogP contribution in [-0.4, -0.2) is 16.9 Å². The molecule has 21 heavy (non-hydrogen) atoms. The summed E-state index contributed by atoms with van der Waals surface area (Å²) in [6.45, 7) is 0. The van der Waals surface area contributed by atoms with Crippen LogP contribution in [-0.2, 0) is 4.79 Å². The first-order chi connectivity index (χ1) is 10.0. The third kappa shape index (κ3) is 3.28. The molecule has 1 fully saturated rings. The molecule has 0 spiro atoms. The molecule has 0 heterocycles. The lowest BCUT2D eigenvalue weighted by molar-refractivity contribution is -0.384. The molecule has 2 unspecified atom stereocenters. The van der Waals surface area contributed by atoms with Crippen LogP contribution in [0.4, 0.5) is 11.4 Å². The number of nitrogens with zero attached hydrogens (tertiary/aromatic N) is 2. The van der Waals surface area contributed by atoms with Gasteiger partial charge in [-0.2, -0.15) is 5.26 Å². The second kappa shape index (κ2) is 6.22. The average Bonchev–Trinajstić information content (AvgIpc) is 2.47. The van der Waals surface area contributed by atoms with Gasteiger partial charge in [-0.05, 0) is 25.0 Å². The first kappa shape index (κ1) is 14.8. The molecule has 110 valence electrons. The molecule has 2 atom stereocenters. The van der Waals surface area contributed by atoms with Gasteiger partial charge in [0.25, 0.3) is 5.69 Å². The summed E-state index contributed by atoms with van der Waals surface area (Å²) < 4.78 is 0. The van der Waals surface area contributed by atoms with Crippen molar-refractivity contribution < 1.29 is 9.72 Å². The van der Waals surface area contributed by atoms with Crippen LogP contribution >= 0.6 is 0 Å². The number of primary amides is 1. The summed E-state index contributed by atoms with van der Waals surface area (Å²) in [6.07, 6.45) is 3.31. The van der Waals surface area contributed by atoms with Gasteiger partial charge in [-0.25, -0.2) is 0 Å². The Bertz CT molecular complexity index is 609. The monoisotopic (exact) mass is 288 g/mol. The number of rotatable bonds is 4. The van der Waals surface area contributed by atoms with Crippen molar-refractivity contribution in [3.8, 4) is 6.07 Å². The number of nitro benzene ring substituents is 1. The SMILES string of the molecule is N#Cc1ccc(NC2CCCCC2C(N)=O)c([N+](=O)[O-])c1. The van der Waals surface area contributed by atoms with Crippen molar-refractivity contribution >= 4 is 17.3 Å². The van der Waals surface area contributed by atoms with Crippen molar-refractivity contribution in [1.82, 2.24) is 0 Å². The van der Waals surface area contributed by atoms with Crippen LogP contribution in [0.5, 0.6) is 0 Å². The number of nitrogens with two attached hydrogens (primary N) is 1. The van der Waals surface area contributed by atoms with Gasteiger partial charge in [-0.3, -0.25) is 14.9 Å². The quantitative estimate of drug-likeness (QED) is 0.647. The molecule has 7 nitrogen and oxygen atoms in total. The predicted molar refractivity (Wildman–Crippen MR) is 76.4 cm³/mol. The standard InChI is InChI=1S/C14H16N4O3/c15-8-9-5-6-12(13(7-9)18(20)21)17-11-4-2-1-3-10(11)14(16)19/h5-7,10-11,17H,1-4H2,(H2,16,19). The van der Waals surface area contributed by atoms with Gasteiger partial charge in [0, 0.05) is 12.1 Å². The topological polar surface area (TPSA) is 122 Å². The zero-order chi connectivity index (χ0) is 15.4. The van der Waals surface area contributed by atoms with Crippen molar-refractivity contribution in [2.24, 2.45) is 11.7 Å². The van der Waals surface area contributed by atoms with E-state index in [2.05, 4.69) is 5.32 Å². The van der Waals surface area contributed by atoms with Gasteiger partial charge in [-0.1, -0.05) is 12.8 Å². The van der Waals surface area contributed by atoms with Gasteiger partial charge in [-0.15, -0.1) is 0 Å². The number of carbonyl (C=O) groups is 1. The number of benzene rings is 1. The van der Waals surface area contributed by atoms with Crippen LogP contribution in [0.3, 0.4) is 0 Å². The Morgan fingerprint density at radius 1 is 1.43 bits per heavy atom. The van der Waals surface area contributed by atoms with Crippen LogP contribution in [0.2, 0.25) is 0 Å². The zero-order valence-corrected chi connectivity index (χ0v) is 11.4. The molecule has 0 aliphatic heterocycles. The van der Waals surface area contributed by atoms with E-state index in [1.165, 1.54) is 18.2 Å². The van der Waals surface area contributed by atoms with E-state index in [1.54, 1.807) is 0 Å². The van der Waals surface area contributed by atoms with Gasteiger partial charge in [0.1, 0.15) is 5.69 Å². The van der Waals surface area contributed by atoms with Gasteiger partial charge < -0.3 is 11.1 Å². The van der Waals surface area contributed by atoms with Gasteiger partial charge >= 0.3 is 0 Å². The summed E-state index contributed by atoms with van der Waals surface area (Å²) >= 11 is 0. The predicted octanol–water partition coefficient (Wildman–Crippen LogP) is 1.92. The molecule has 3 N–H and O–H groups in total. The summed E-state index contributed by atoms with van der Waals surface area (Å²) in [4.78, 5) is 22.1. The highest BCUT2D eigenvalue weighted by Gasteiger charge is 2.30. The fourth-order valence-electron chi connectivity index (χ4n) is 2.72. The summed E-state index contributed by atoms with van der Waals surface area (Å²) in [7, 11) is 0. The van der Waals surface area contributed by atoms with E-state index in [4.69, 9.17) is 11.0 Å². The lowest BCUT2D eigenvalue weighted by Gasteiger charge is -2.30. The number of hydrogen-bond acceptors (Lipinski definition) is 5. The molecule has 1 aliphatic carbocycles. The van der Waals surface area contributed by atoms with Crippen molar-refractivity contribution in [2.75, 3.05) is 5.32 Å². The molecule has 1 saturated carbocycles. The van der Waals surface area contributed by atoms with E-state index in [0.717, 1.165) is 19.3 Å². The Balaban J connectivity index is 2.27. The smallest absolute Gasteiger partial charge is 0.293 e. The van der Waals surface area contributed by atoms with Gasteiger partial charge in [0.2, 0.25) is 5.91 Å². The summed E-state index contributed by atoms with van der Waals surface area (Å²) in [5.41, 5.74) is 5.78.